The Morgan fingerprint density at radius 1 is 1.35 bits per heavy atom. The van der Waals surface area contributed by atoms with E-state index in [1.807, 2.05) is 0 Å². The summed E-state index contributed by atoms with van der Waals surface area (Å²) < 4.78 is 49.1. The summed E-state index contributed by atoms with van der Waals surface area (Å²) in [5, 5.41) is 3.84. The van der Waals surface area contributed by atoms with Crippen molar-refractivity contribution in [1.82, 2.24) is 14.8 Å². The zero-order chi connectivity index (χ0) is 14.9. The normalized spacial score (nSPS) is 10.9. The third kappa shape index (κ3) is 2.87. The molecular weight excluding hydrogens is 343 g/mol. The number of methoxy groups -OCH3 is 1. The zero-order valence-electron chi connectivity index (χ0n) is 10.4. The fourth-order valence-electron chi connectivity index (χ4n) is 1.55. The van der Waals surface area contributed by atoms with Crippen molar-refractivity contribution in [2.24, 2.45) is 0 Å². The number of nitrogens with zero attached hydrogens (tertiary/aromatic N) is 3. The summed E-state index contributed by atoms with van der Waals surface area (Å²) in [4.78, 5) is 3.68. The van der Waals surface area contributed by atoms with E-state index in [0.29, 0.717) is 10.2 Å². The largest absolute Gasteiger partial charge is 0.495 e. The van der Waals surface area contributed by atoms with Gasteiger partial charge in [0.1, 0.15) is 17.3 Å². The minimum absolute atomic E-state index is 0.110. The van der Waals surface area contributed by atoms with Crippen molar-refractivity contribution < 1.29 is 22.6 Å². The van der Waals surface area contributed by atoms with Gasteiger partial charge >= 0.3 is 12.6 Å². The van der Waals surface area contributed by atoms with Gasteiger partial charge < -0.3 is 9.47 Å². The van der Waals surface area contributed by atoms with Gasteiger partial charge in [-0.15, -0.1) is 5.10 Å². The first-order valence-electron chi connectivity index (χ1n) is 5.34. The molecule has 108 valence electrons. The first-order chi connectivity index (χ1) is 9.42. The van der Waals surface area contributed by atoms with E-state index >= 15 is 0 Å². The molecule has 0 fully saturated rings. The molecular formula is C11H9BrF3N3O2. The molecule has 20 heavy (non-hydrogen) atoms. The van der Waals surface area contributed by atoms with Crippen LogP contribution < -0.4 is 9.47 Å². The summed E-state index contributed by atoms with van der Waals surface area (Å²) in [6, 6.07) is 1.93. The summed E-state index contributed by atoms with van der Waals surface area (Å²) in [5.41, 5.74) is -0.110. The van der Waals surface area contributed by atoms with Crippen LogP contribution in [0.25, 0.3) is 5.69 Å². The Bertz CT molecular complexity index is 634. The zero-order valence-corrected chi connectivity index (χ0v) is 12.0. The number of aryl methyl sites for hydroxylation is 1. The Morgan fingerprint density at radius 3 is 2.65 bits per heavy atom. The van der Waals surface area contributed by atoms with Crippen molar-refractivity contribution in [3.8, 4) is 17.4 Å². The van der Waals surface area contributed by atoms with Gasteiger partial charge in [-0.05, 0) is 28.9 Å². The van der Waals surface area contributed by atoms with Crippen LogP contribution in [0.5, 0.6) is 11.8 Å². The van der Waals surface area contributed by atoms with Gasteiger partial charge in [-0.25, -0.2) is 4.39 Å². The van der Waals surface area contributed by atoms with Crippen LogP contribution >= 0.6 is 15.9 Å². The second kappa shape index (κ2) is 5.70. The van der Waals surface area contributed by atoms with Crippen LogP contribution in [0, 0.1) is 12.7 Å². The third-order valence-electron chi connectivity index (χ3n) is 2.33. The minimum Gasteiger partial charge on any atom is -0.495 e. The van der Waals surface area contributed by atoms with E-state index in [1.165, 1.54) is 20.1 Å². The summed E-state index contributed by atoms with van der Waals surface area (Å²) in [6.07, 6.45) is 0. The van der Waals surface area contributed by atoms with Gasteiger partial charge in [0.15, 0.2) is 5.82 Å². The molecule has 2 aromatic rings. The molecule has 0 saturated heterocycles. The molecule has 0 radical (unpaired) electrons. The van der Waals surface area contributed by atoms with Gasteiger partial charge in [-0.3, -0.25) is 0 Å². The smallest absolute Gasteiger partial charge is 0.389 e. The van der Waals surface area contributed by atoms with Gasteiger partial charge in [0.05, 0.1) is 11.6 Å². The second-order valence-electron chi connectivity index (χ2n) is 3.67. The Hall–Kier alpha value is -1.77. The summed E-state index contributed by atoms with van der Waals surface area (Å²) in [6.45, 7) is -1.61. The van der Waals surface area contributed by atoms with Crippen LogP contribution in [-0.2, 0) is 0 Å². The van der Waals surface area contributed by atoms with Gasteiger partial charge in [0.25, 0.3) is 0 Å². The Kier molecular flexibility index (Phi) is 4.17. The molecule has 9 heteroatoms. The molecule has 0 amide bonds. The molecule has 2 rings (SSSR count). The minimum atomic E-state index is -3.09. The molecule has 0 aliphatic carbocycles. The van der Waals surface area contributed by atoms with E-state index in [9.17, 15) is 13.2 Å². The maximum absolute atomic E-state index is 14.0. The van der Waals surface area contributed by atoms with E-state index in [-0.39, 0.29) is 11.5 Å². The molecule has 0 bridgehead atoms. The highest BCUT2D eigenvalue weighted by Crippen LogP contribution is 2.31. The van der Waals surface area contributed by atoms with Crippen LogP contribution in [0.1, 0.15) is 5.82 Å². The standard InChI is InChI=1S/C11H9BrF3N3O2/c1-5-16-11(20-10(14)15)18(17-5)8-4-9(19-2)6(12)3-7(8)13/h3-4,10H,1-2H3. The van der Waals surface area contributed by atoms with Crippen molar-refractivity contribution >= 4 is 15.9 Å². The highest BCUT2D eigenvalue weighted by Gasteiger charge is 2.19. The lowest BCUT2D eigenvalue weighted by Gasteiger charge is -2.10. The number of rotatable bonds is 4. The molecule has 0 unspecified atom stereocenters. The fraction of sp³-hybridized carbons (Fsp3) is 0.273. The first kappa shape index (κ1) is 14.6. The van der Waals surface area contributed by atoms with E-state index in [1.54, 1.807) is 0 Å². The summed E-state index contributed by atoms with van der Waals surface area (Å²) >= 11 is 3.12. The lowest BCUT2D eigenvalue weighted by Crippen LogP contribution is -2.09. The van der Waals surface area contributed by atoms with E-state index in [4.69, 9.17) is 4.74 Å². The van der Waals surface area contributed by atoms with Gasteiger partial charge in [0, 0.05) is 6.07 Å². The van der Waals surface area contributed by atoms with Gasteiger partial charge in [-0.2, -0.15) is 18.4 Å². The molecule has 1 heterocycles. The fourth-order valence-corrected chi connectivity index (χ4v) is 2.02. The number of halogens is 4. The number of aromatic nitrogens is 3. The molecule has 1 aromatic heterocycles. The Balaban J connectivity index is 2.56. The number of benzene rings is 1. The predicted octanol–water partition coefficient (Wildman–Crippen LogP) is 3.09. The molecule has 0 atom stereocenters. The highest BCUT2D eigenvalue weighted by molar-refractivity contribution is 9.10. The van der Waals surface area contributed by atoms with Crippen molar-refractivity contribution in [3.63, 3.8) is 0 Å². The van der Waals surface area contributed by atoms with Crippen LogP contribution in [0.4, 0.5) is 13.2 Å². The Morgan fingerprint density at radius 2 is 2.05 bits per heavy atom. The van der Waals surface area contributed by atoms with Crippen LogP contribution in [-0.4, -0.2) is 28.5 Å². The van der Waals surface area contributed by atoms with Gasteiger partial charge in [-0.1, -0.05) is 0 Å². The molecule has 0 aliphatic rings. The van der Waals surface area contributed by atoms with Crippen LogP contribution in [0.15, 0.2) is 16.6 Å². The topological polar surface area (TPSA) is 49.2 Å². The van der Waals surface area contributed by atoms with Crippen LogP contribution in [0.2, 0.25) is 0 Å². The quantitative estimate of drug-likeness (QED) is 0.849. The summed E-state index contributed by atoms with van der Waals surface area (Å²) in [5.74, 6) is -0.207. The maximum Gasteiger partial charge on any atom is 0.389 e. The number of alkyl halides is 2. The van der Waals surface area contributed by atoms with Crippen molar-refractivity contribution in [2.45, 2.75) is 13.5 Å². The summed E-state index contributed by atoms with van der Waals surface area (Å²) in [7, 11) is 1.39. The average molecular weight is 352 g/mol. The molecule has 0 N–H and O–H groups in total. The average Bonchev–Trinajstić information content (AvgIpc) is 2.69. The highest BCUT2D eigenvalue weighted by atomic mass is 79.9. The molecule has 1 aromatic carbocycles. The number of hydrogen-bond donors (Lipinski definition) is 0. The molecule has 0 aliphatic heterocycles. The molecule has 0 spiro atoms. The predicted molar refractivity (Wildman–Crippen MR) is 66.9 cm³/mol. The first-order valence-corrected chi connectivity index (χ1v) is 6.13. The Labute approximate surface area is 120 Å². The number of ether oxygens (including phenoxy) is 2. The van der Waals surface area contributed by atoms with Crippen molar-refractivity contribution in [2.75, 3.05) is 7.11 Å². The SMILES string of the molecule is COc1cc(-n2nc(C)nc2OC(F)F)c(F)cc1Br. The maximum atomic E-state index is 14.0. The second-order valence-corrected chi connectivity index (χ2v) is 4.52. The van der Waals surface area contributed by atoms with Crippen molar-refractivity contribution in [1.29, 1.82) is 0 Å². The lowest BCUT2D eigenvalue weighted by molar-refractivity contribution is -0.0575. The molecule has 0 saturated carbocycles. The molecule has 5 nitrogen and oxygen atoms in total. The van der Waals surface area contributed by atoms with E-state index in [2.05, 4.69) is 30.7 Å². The monoisotopic (exact) mass is 351 g/mol. The van der Waals surface area contributed by atoms with Crippen molar-refractivity contribution in [3.05, 3.63) is 28.2 Å². The van der Waals surface area contributed by atoms with E-state index in [0.717, 1.165) is 10.7 Å². The van der Waals surface area contributed by atoms with Gasteiger partial charge in [0.2, 0.25) is 0 Å². The lowest BCUT2D eigenvalue weighted by atomic mass is 10.3. The van der Waals surface area contributed by atoms with Crippen LogP contribution in [0.3, 0.4) is 0 Å². The third-order valence-corrected chi connectivity index (χ3v) is 2.95. The van der Waals surface area contributed by atoms with E-state index < -0.39 is 18.4 Å². The number of hydrogen-bond acceptors (Lipinski definition) is 4.